The lowest BCUT2D eigenvalue weighted by molar-refractivity contribution is 0.0699. The normalized spacial score (nSPS) is 16.0. The topological polar surface area (TPSA) is 59.1 Å². The monoisotopic (exact) mass is 286 g/mol. The summed E-state index contributed by atoms with van der Waals surface area (Å²) < 4.78 is 5.41. The zero-order valence-electron chi connectivity index (χ0n) is 12.4. The summed E-state index contributed by atoms with van der Waals surface area (Å²) >= 11 is 0. The Kier molecular flexibility index (Phi) is 4.50. The first kappa shape index (κ1) is 14.1. The van der Waals surface area contributed by atoms with E-state index in [-0.39, 0.29) is 0 Å². The summed E-state index contributed by atoms with van der Waals surface area (Å²) in [5.41, 5.74) is 0.970. The number of nitrogens with zero attached hydrogens (tertiary/aromatic N) is 2. The van der Waals surface area contributed by atoms with Crippen LogP contribution in [0.15, 0.2) is 24.3 Å². The van der Waals surface area contributed by atoms with E-state index in [2.05, 4.69) is 26.7 Å². The van der Waals surface area contributed by atoms with E-state index >= 15 is 0 Å². The smallest absolute Gasteiger partial charge is 0.225 e. The molecule has 1 fully saturated rings. The van der Waals surface area contributed by atoms with Crippen LogP contribution < -0.4 is 10.6 Å². The predicted molar refractivity (Wildman–Crippen MR) is 85.7 cm³/mol. The van der Waals surface area contributed by atoms with Crippen molar-refractivity contribution in [2.24, 2.45) is 5.92 Å². The van der Waals surface area contributed by atoms with Gasteiger partial charge in [-0.2, -0.15) is 4.98 Å². The SMILES string of the molecule is CCNc1nc(NCC2CCOCC2)c2ccccc2n1. The van der Waals surface area contributed by atoms with Crippen molar-refractivity contribution >= 4 is 22.7 Å². The summed E-state index contributed by atoms with van der Waals surface area (Å²) in [6.07, 6.45) is 2.24. The molecular weight excluding hydrogens is 264 g/mol. The van der Waals surface area contributed by atoms with E-state index < -0.39 is 0 Å². The van der Waals surface area contributed by atoms with Crippen LogP contribution in [0.3, 0.4) is 0 Å². The highest BCUT2D eigenvalue weighted by molar-refractivity contribution is 5.89. The molecule has 0 atom stereocenters. The van der Waals surface area contributed by atoms with Crippen molar-refractivity contribution < 1.29 is 4.74 Å². The minimum Gasteiger partial charge on any atom is -0.381 e. The number of fused-ring (bicyclic) bond motifs is 1. The summed E-state index contributed by atoms with van der Waals surface area (Å²) in [5, 5.41) is 7.78. The van der Waals surface area contributed by atoms with Gasteiger partial charge in [-0.05, 0) is 37.8 Å². The Hall–Kier alpha value is -1.88. The molecule has 0 radical (unpaired) electrons. The Morgan fingerprint density at radius 3 is 2.76 bits per heavy atom. The summed E-state index contributed by atoms with van der Waals surface area (Å²) in [6, 6.07) is 8.13. The molecule has 5 heteroatoms. The highest BCUT2D eigenvalue weighted by Crippen LogP contribution is 2.23. The molecule has 0 spiro atoms. The molecule has 0 bridgehead atoms. The van der Waals surface area contributed by atoms with E-state index in [0.29, 0.717) is 11.9 Å². The first-order valence-electron chi connectivity index (χ1n) is 7.69. The number of hydrogen-bond donors (Lipinski definition) is 2. The average Bonchev–Trinajstić information content (AvgIpc) is 2.54. The maximum absolute atomic E-state index is 5.41. The second-order valence-corrected chi connectivity index (χ2v) is 5.38. The molecule has 2 heterocycles. The van der Waals surface area contributed by atoms with Gasteiger partial charge >= 0.3 is 0 Å². The third kappa shape index (κ3) is 3.42. The minimum absolute atomic E-state index is 0.662. The van der Waals surface area contributed by atoms with Crippen LogP contribution in [-0.2, 0) is 4.74 Å². The summed E-state index contributed by atoms with van der Waals surface area (Å²) in [5.74, 6) is 2.27. The van der Waals surface area contributed by atoms with Gasteiger partial charge in [0.1, 0.15) is 5.82 Å². The predicted octanol–water partition coefficient (Wildman–Crippen LogP) is 2.90. The molecule has 1 aromatic carbocycles. The van der Waals surface area contributed by atoms with Crippen LogP contribution in [-0.4, -0.2) is 36.3 Å². The molecule has 112 valence electrons. The van der Waals surface area contributed by atoms with E-state index in [1.54, 1.807) is 0 Å². The van der Waals surface area contributed by atoms with Gasteiger partial charge in [-0.15, -0.1) is 0 Å². The quantitative estimate of drug-likeness (QED) is 0.885. The fraction of sp³-hybridized carbons (Fsp3) is 0.500. The van der Waals surface area contributed by atoms with E-state index in [1.165, 1.54) is 0 Å². The Morgan fingerprint density at radius 1 is 1.14 bits per heavy atom. The van der Waals surface area contributed by atoms with Gasteiger partial charge in [-0.25, -0.2) is 4.98 Å². The second kappa shape index (κ2) is 6.72. The van der Waals surface area contributed by atoms with Crippen molar-refractivity contribution in [3.63, 3.8) is 0 Å². The number of para-hydroxylation sites is 1. The first-order valence-corrected chi connectivity index (χ1v) is 7.69. The van der Waals surface area contributed by atoms with Gasteiger partial charge in [0.2, 0.25) is 5.95 Å². The fourth-order valence-electron chi connectivity index (χ4n) is 2.64. The van der Waals surface area contributed by atoms with Crippen molar-refractivity contribution in [3.8, 4) is 0 Å². The van der Waals surface area contributed by atoms with Gasteiger partial charge in [-0.1, -0.05) is 12.1 Å². The van der Waals surface area contributed by atoms with Crippen LogP contribution in [0.1, 0.15) is 19.8 Å². The van der Waals surface area contributed by atoms with Crippen LogP contribution in [0.4, 0.5) is 11.8 Å². The molecule has 0 amide bonds. The molecule has 1 aliphatic rings. The Bertz CT molecular complexity index is 596. The van der Waals surface area contributed by atoms with Crippen LogP contribution in [0.2, 0.25) is 0 Å². The molecule has 2 aromatic rings. The van der Waals surface area contributed by atoms with Gasteiger partial charge < -0.3 is 15.4 Å². The third-order valence-electron chi connectivity index (χ3n) is 3.84. The number of nitrogens with one attached hydrogen (secondary N) is 2. The maximum atomic E-state index is 5.41. The lowest BCUT2D eigenvalue weighted by Gasteiger charge is -2.22. The lowest BCUT2D eigenvalue weighted by atomic mass is 10.0. The highest BCUT2D eigenvalue weighted by atomic mass is 16.5. The van der Waals surface area contributed by atoms with Gasteiger partial charge in [0.05, 0.1) is 5.52 Å². The molecule has 1 aromatic heterocycles. The number of rotatable bonds is 5. The van der Waals surface area contributed by atoms with Crippen LogP contribution in [0.5, 0.6) is 0 Å². The summed E-state index contributed by atoms with van der Waals surface area (Å²) in [7, 11) is 0. The van der Waals surface area contributed by atoms with Crippen LogP contribution in [0.25, 0.3) is 10.9 Å². The van der Waals surface area contributed by atoms with E-state index in [9.17, 15) is 0 Å². The molecular formula is C16H22N4O. The molecule has 3 rings (SSSR count). The van der Waals surface area contributed by atoms with Crippen LogP contribution in [0, 0.1) is 5.92 Å². The Balaban J connectivity index is 1.81. The molecule has 0 aliphatic carbocycles. The zero-order valence-corrected chi connectivity index (χ0v) is 12.4. The van der Waals surface area contributed by atoms with Crippen molar-refractivity contribution in [2.45, 2.75) is 19.8 Å². The van der Waals surface area contributed by atoms with E-state index in [0.717, 1.165) is 55.9 Å². The Morgan fingerprint density at radius 2 is 1.95 bits per heavy atom. The lowest BCUT2D eigenvalue weighted by Crippen LogP contribution is -2.23. The summed E-state index contributed by atoms with van der Waals surface area (Å²) in [4.78, 5) is 9.15. The third-order valence-corrected chi connectivity index (χ3v) is 3.84. The minimum atomic E-state index is 0.662. The fourth-order valence-corrected chi connectivity index (χ4v) is 2.64. The number of anilines is 2. The van der Waals surface area contributed by atoms with E-state index in [4.69, 9.17) is 4.74 Å². The van der Waals surface area contributed by atoms with Crippen molar-refractivity contribution in [1.29, 1.82) is 0 Å². The number of ether oxygens (including phenoxy) is 1. The second-order valence-electron chi connectivity index (χ2n) is 5.38. The highest BCUT2D eigenvalue weighted by Gasteiger charge is 2.14. The molecule has 0 unspecified atom stereocenters. The molecule has 5 nitrogen and oxygen atoms in total. The average molecular weight is 286 g/mol. The molecule has 21 heavy (non-hydrogen) atoms. The largest absolute Gasteiger partial charge is 0.381 e. The number of benzene rings is 1. The molecule has 0 saturated carbocycles. The number of aromatic nitrogens is 2. The number of hydrogen-bond acceptors (Lipinski definition) is 5. The van der Waals surface area contributed by atoms with E-state index in [1.807, 2.05) is 25.1 Å². The van der Waals surface area contributed by atoms with Crippen molar-refractivity contribution in [3.05, 3.63) is 24.3 Å². The van der Waals surface area contributed by atoms with Gasteiger partial charge in [0.25, 0.3) is 0 Å². The summed E-state index contributed by atoms with van der Waals surface area (Å²) in [6.45, 7) is 5.56. The van der Waals surface area contributed by atoms with Crippen LogP contribution >= 0.6 is 0 Å². The van der Waals surface area contributed by atoms with Gasteiger partial charge in [-0.3, -0.25) is 0 Å². The molecule has 1 aliphatic heterocycles. The Labute approximate surface area is 125 Å². The maximum Gasteiger partial charge on any atom is 0.225 e. The van der Waals surface area contributed by atoms with Gasteiger partial charge in [0.15, 0.2) is 0 Å². The van der Waals surface area contributed by atoms with Crippen molar-refractivity contribution in [1.82, 2.24) is 9.97 Å². The molecule has 2 N–H and O–H groups in total. The first-order chi connectivity index (χ1) is 10.4. The van der Waals surface area contributed by atoms with Gasteiger partial charge in [0, 0.05) is 31.7 Å². The van der Waals surface area contributed by atoms with Crippen molar-refractivity contribution in [2.75, 3.05) is 36.9 Å². The standard InChI is InChI=1S/C16H22N4O/c1-2-17-16-19-14-6-4-3-5-13(14)15(20-16)18-11-12-7-9-21-10-8-12/h3-6,12H,2,7-11H2,1H3,(H2,17,18,19,20). The molecule has 1 saturated heterocycles. The zero-order chi connectivity index (χ0) is 14.5.